The van der Waals surface area contributed by atoms with Crippen LogP contribution in [0.3, 0.4) is 0 Å². The van der Waals surface area contributed by atoms with E-state index < -0.39 is 0 Å². The van der Waals surface area contributed by atoms with Crippen LogP contribution in [0.5, 0.6) is 5.75 Å². The molecule has 116 valence electrons. The molecule has 1 heterocycles. The van der Waals surface area contributed by atoms with Gasteiger partial charge in [-0.3, -0.25) is 0 Å². The Hall–Kier alpha value is -1.38. The third-order valence-electron chi connectivity index (χ3n) is 4.34. The lowest BCUT2D eigenvalue weighted by molar-refractivity contribution is 0.403. The summed E-state index contributed by atoms with van der Waals surface area (Å²) in [5.41, 5.74) is 2.45. The Morgan fingerprint density at radius 1 is 0.955 bits per heavy atom. The number of halogens is 2. The molecule has 22 heavy (non-hydrogen) atoms. The fourth-order valence-corrected chi connectivity index (χ4v) is 3.38. The highest BCUT2D eigenvalue weighted by atomic mass is 35.5. The number of aromatic hydroxyl groups is 1. The van der Waals surface area contributed by atoms with Crippen molar-refractivity contribution < 1.29 is 5.11 Å². The molecule has 0 spiro atoms. The van der Waals surface area contributed by atoms with E-state index in [-0.39, 0.29) is 0 Å². The van der Waals surface area contributed by atoms with Gasteiger partial charge in [0.05, 0.1) is 10.0 Å². The molecule has 0 radical (unpaired) electrons. The van der Waals surface area contributed by atoms with Gasteiger partial charge in [0, 0.05) is 18.8 Å². The van der Waals surface area contributed by atoms with Gasteiger partial charge in [-0.1, -0.05) is 29.3 Å². The van der Waals surface area contributed by atoms with E-state index in [0.29, 0.717) is 21.7 Å². The molecule has 2 aromatic rings. The van der Waals surface area contributed by atoms with Gasteiger partial charge in [0.1, 0.15) is 5.75 Å². The van der Waals surface area contributed by atoms with Crippen LogP contribution in [0.25, 0.3) is 0 Å². The van der Waals surface area contributed by atoms with Gasteiger partial charge in [0.25, 0.3) is 0 Å². The number of hydrogen-bond donors (Lipinski definition) is 1. The lowest BCUT2D eigenvalue weighted by Gasteiger charge is -2.33. The molecule has 0 aliphatic carbocycles. The van der Waals surface area contributed by atoms with Crippen LogP contribution in [-0.2, 0) is 6.42 Å². The molecule has 0 amide bonds. The maximum atomic E-state index is 9.36. The van der Waals surface area contributed by atoms with Crippen molar-refractivity contribution in [2.75, 3.05) is 18.0 Å². The van der Waals surface area contributed by atoms with E-state index in [1.807, 2.05) is 24.3 Å². The van der Waals surface area contributed by atoms with Crippen molar-refractivity contribution in [2.45, 2.75) is 19.3 Å². The molecule has 0 unspecified atom stereocenters. The second kappa shape index (κ2) is 6.80. The first kappa shape index (κ1) is 15.5. The van der Waals surface area contributed by atoms with E-state index in [9.17, 15) is 5.11 Å². The van der Waals surface area contributed by atoms with Crippen molar-refractivity contribution in [1.29, 1.82) is 0 Å². The Labute approximate surface area is 141 Å². The van der Waals surface area contributed by atoms with Gasteiger partial charge in [0.2, 0.25) is 0 Å². The van der Waals surface area contributed by atoms with Gasteiger partial charge in [-0.25, -0.2) is 0 Å². The summed E-state index contributed by atoms with van der Waals surface area (Å²) >= 11 is 12.1. The number of benzene rings is 2. The molecule has 0 bridgehead atoms. The summed E-state index contributed by atoms with van der Waals surface area (Å²) in [5.74, 6) is 1.00. The molecule has 4 heteroatoms. The Kier molecular flexibility index (Phi) is 4.80. The molecule has 0 saturated carbocycles. The minimum atomic E-state index is 0.318. The minimum absolute atomic E-state index is 0.318. The van der Waals surface area contributed by atoms with Gasteiger partial charge in [-0.05, 0) is 67.1 Å². The SMILES string of the molecule is Oc1ccc(N2CCC(Cc3ccc(Cl)c(Cl)c3)CC2)cc1. The number of phenolic OH excluding ortho intramolecular Hbond substituents is 1. The number of anilines is 1. The third kappa shape index (κ3) is 3.68. The van der Waals surface area contributed by atoms with Crippen molar-refractivity contribution >= 4 is 28.9 Å². The van der Waals surface area contributed by atoms with E-state index in [1.165, 1.54) is 24.1 Å². The van der Waals surface area contributed by atoms with Crippen LogP contribution < -0.4 is 4.90 Å². The summed E-state index contributed by atoms with van der Waals surface area (Å²) < 4.78 is 0. The summed E-state index contributed by atoms with van der Waals surface area (Å²) in [4.78, 5) is 2.38. The molecule has 1 N–H and O–H groups in total. The molecule has 2 aromatic carbocycles. The fourth-order valence-electron chi connectivity index (χ4n) is 3.06. The first-order chi connectivity index (χ1) is 10.6. The second-order valence-corrected chi connectivity index (χ2v) is 6.71. The lowest BCUT2D eigenvalue weighted by atomic mass is 9.90. The lowest BCUT2D eigenvalue weighted by Crippen LogP contribution is -2.34. The predicted octanol–water partition coefficient (Wildman–Crippen LogP) is 5.16. The number of hydrogen-bond acceptors (Lipinski definition) is 2. The zero-order valence-corrected chi connectivity index (χ0v) is 13.8. The maximum Gasteiger partial charge on any atom is 0.115 e. The zero-order valence-electron chi connectivity index (χ0n) is 12.3. The van der Waals surface area contributed by atoms with Gasteiger partial charge in [-0.15, -0.1) is 0 Å². The van der Waals surface area contributed by atoms with Crippen LogP contribution in [0.4, 0.5) is 5.69 Å². The van der Waals surface area contributed by atoms with Crippen LogP contribution in [-0.4, -0.2) is 18.2 Å². The number of piperidine rings is 1. The number of phenols is 1. The fraction of sp³-hybridized carbons (Fsp3) is 0.333. The Morgan fingerprint density at radius 2 is 1.64 bits per heavy atom. The monoisotopic (exact) mass is 335 g/mol. The Morgan fingerprint density at radius 3 is 2.27 bits per heavy atom. The topological polar surface area (TPSA) is 23.5 Å². The molecule has 1 saturated heterocycles. The molecule has 3 rings (SSSR count). The van der Waals surface area contributed by atoms with Gasteiger partial charge >= 0.3 is 0 Å². The zero-order chi connectivity index (χ0) is 15.5. The molecule has 1 aliphatic rings. The van der Waals surface area contributed by atoms with Crippen LogP contribution in [0.15, 0.2) is 42.5 Å². The quantitative estimate of drug-likeness (QED) is 0.837. The molecule has 0 aromatic heterocycles. The summed E-state index contributed by atoms with van der Waals surface area (Å²) in [6.45, 7) is 2.10. The van der Waals surface area contributed by atoms with Crippen molar-refractivity contribution in [2.24, 2.45) is 5.92 Å². The van der Waals surface area contributed by atoms with Crippen LogP contribution in [0, 0.1) is 5.92 Å². The maximum absolute atomic E-state index is 9.36. The first-order valence-electron chi connectivity index (χ1n) is 7.60. The standard InChI is InChI=1S/C18H19Cl2NO/c19-17-6-1-14(12-18(17)20)11-13-7-9-21(10-8-13)15-2-4-16(22)5-3-15/h1-6,12-13,22H,7-11H2. The summed E-state index contributed by atoms with van der Waals surface area (Å²) in [7, 11) is 0. The van der Waals surface area contributed by atoms with E-state index in [1.54, 1.807) is 12.1 Å². The van der Waals surface area contributed by atoms with Gasteiger partial charge in [-0.2, -0.15) is 0 Å². The third-order valence-corrected chi connectivity index (χ3v) is 5.08. The molecule has 2 nitrogen and oxygen atoms in total. The Bertz CT molecular complexity index is 634. The highest BCUT2D eigenvalue weighted by Gasteiger charge is 2.20. The van der Waals surface area contributed by atoms with E-state index in [2.05, 4.69) is 11.0 Å². The van der Waals surface area contributed by atoms with Crippen LogP contribution in [0.1, 0.15) is 18.4 Å². The highest BCUT2D eigenvalue weighted by molar-refractivity contribution is 6.42. The summed E-state index contributed by atoms with van der Waals surface area (Å²) in [6, 6.07) is 13.4. The van der Waals surface area contributed by atoms with Crippen LogP contribution in [0.2, 0.25) is 10.0 Å². The van der Waals surface area contributed by atoms with E-state index in [0.717, 1.165) is 19.5 Å². The number of nitrogens with zero attached hydrogens (tertiary/aromatic N) is 1. The molecular formula is C18H19Cl2NO. The largest absolute Gasteiger partial charge is 0.508 e. The first-order valence-corrected chi connectivity index (χ1v) is 8.35. The van der Waals surface area contributed by atoms with Crippen molar-refractivity contribution in [3.8, 4) is 5.75 Å². The minimum Gasteiger partial charge on any atom is -0.508 e. The van der Waals surface area contributed by atoms with E-state index >= 15 is 0 Å². The average Bonchev–Trinajstić information content (AvgIpc) is 2.53. The molecule has 1 fully saturated rings. The van der Waals surface area contributed by atoms with E-state index in [4.69, 9.17) is 23.2 Å². The normalized spacial score (nSPS) is 16.0. The predicted molar refractivity (Wildman–Crippen MR) is 93.2 cm³/mol. The van der Waals surface area contributed by atoms with Gasteiger partial charge < -0.3 is 10.0 Å². The molecule has 1 aliphatic heterocycles. The van der Waals surface area contributed by atoms with Crippen molar-refractivity contribution in [3.05, 3.63) is 58.1 Å². The highest BCUT2D eigenvalue weighted by Crippen LogP contribution is 2.29. The molecule has 0 atom stereocenters. The second-order valence-electron chi connectivity index (χ2n) is 5.90. The smallest absolute Gasteiger partial charge is 0.115 e. The summed E-state index contributed by atoms with van der Waals surface area (Å²) in [5, 5.41) is 10.6. The molecular weight excluding hydrogens is 317 g/mol. The average molecular weight is 336 g/mol. The van der Waals surface area contributed by atoms with Gasteiger partial charge in [0.15, 0.2) is 0 Å². The van der Waals surface area contributed by atoms with Crippen molar-refractivity contribution in [1.82, 2.24) is 0 Å². The summed E-state index contributed by atoms with van der Waals surface area (Å²) in [6.07, 6.45) is 3.39. The Balaban J connectivity index is 1.57. The number of rotatable bonds is 3. The van der Waals surface area contributed by atoms with Crippen molar-refractivity contribution in [3.63, 3.8) is 0 Å². The van der Waals surface area contributed by atoms with Crippen LogP contribution >= 0.6 is 23.2 Å².